The molecule has 4 N–H and O–H groups in total. The fourth-order valence-electron chi connectivity index (χ4n) is 3.28. The summed E-state index contributed by atoms with van der Waals surface area (Å²) in [7, 11) is 0. The molecule has 0 saturated carbocycles. The number of alkyl halides is 1. The molecule has 2 amide bonds. The molecule has 0 spiro atoms. The highest BCUT2D eigenvalue weighted by Gasteiger charge is 2.48. The molecule has 0 aliphatic carbocycles. The van der Waals surface area contributed by atoms with Gasteiger partial charge in [0.25, 0.3) is 0 Å². The largest absolute Gasteiger partial charge is 0.462 e. The second-order valence-corrected chi connectivity index (χ2v) is 11.9. The molecular formula is C21H28ClFN3O8PS. The molecule has 36 heavy (non-hydrogen) atoms. The molecule has 0 aromatic heterocycles. The van der Waals surface area contributed by atoms with E-state index in [0.29, 0.717) is 5.75 Å². The molecule has 2 unspecified atom stereocenters. The zero-order valence-electron chi connectivity index (χ0n) is 19.6. The maximum atomic E-state index is 13.8. The molecule has 2 aliphatic rings. The monoisotopic (exact) mass is 567 g/mol. The number of aliphatic hydroxyl groups is 2. The lowest BCUT2D eigenvalue weighted by atomic mass is 10.2. The Balaban J connectivity index is 1.73. The second-order valence-electron chi connectivity index (χ2n) is 8.31. The highest BCUT2D eigenvalue weighted by molar-refractivity contribution is 8.09. The van der Waals surface area contributed by atoms with Gasteiger partial charge in [0.2, 0.25) is 0 Å². The van der Waals surface area contributed by atoms with Crippen LogP contribution in [0.1, 0.15) is 20.8 Å². The van der Waals surface area contributed by atoms with Crippen LogP contribution in [0.2, 0.25) is 0 Å². The van der Waals surface area contributed by atoms with Crippen molar-refractivity contribution in [2.24, 2.45) is 0 Å². The van der Waals surface area contributed by atoms with Crippen LogP contribution in [0.15, 0.2) is 42.4 Å². The fraction of sp³-hybridized carbons (Fsp3) is 0.524. The van der Waals surface area contributed by atoms with Crippen LogP contribution in [-0.2, 0) is 30.6 Å². The molecule has 2 heterocycles. The number of carbonyl (C=O) groups is 2. The van der Waals surface area contributed by atoms with E-state index < -0.39 is 60.6 Å². The Bertz CT molecular complexity index is 1020. The summed E-state index contributed by atoms with van der Waals surface area (Å²) in [6.45, 7) is 1.19. The second kappa shape index (κ2) is 12.1. The van der Waals surface area contributed by atoms with Crippen molar-refractivity contribution < 1.29 is 42.7 Å². The molecule has 15 heteroatoms. The van der Waals surface area contributed by atoms with Crippen molar-refractivity contribution in [2.45, 2.75) is 63.0 Å². The van der Waals surface area contributed by atoms with E-state index in [1.807, 2.05) is 5.32 Å². The Labute approximate surface area is 217 Å². The number of carbonyl (C=O) groups excluding carboxylic acids is 2. The minimum Gasteiger partial charge on any atom is -0.462 e. The summed E-state index contributed by atoms with van der Waals surface area (Å²) in [5.74, 6) is -1.22. The molecule has 1 fully saturated rings. The molecule has 1 aromatic carbocycles. The summed E-state index contributed by atoms with van der Waals surface area (Å²) < 4.78 is 36.5. The Hall–Kier alpha value is -1.83. The highest BCUT2D eigenvalue weighted by atomic mass is 35.5. The predicted octanol–water partition coefficient (Wildman–Crippen LogP) is 2.08. The molecule has 1 saturated heterocycles. The van der Waals surface area contributed by atoms with Gasteiger partial charge in [-0.3, -0.25) is 9.69 Å². The number of nitrogens with one attached hydrogen (secondary N) is 2. The van der Waals surface area contributed by atoms with Crippen LogP contribution in [0.3, 0.4) is 0 Å². The van der Waals surface area contributed by atoms with Gasteiger partial charge < -0.3 is 34.1 Å². The first-order valence-corrected chi connectivity index (χ1v) is 14.1. The number of hydrogen-bond acceptors (Lipinski definition) is 9. The molecule has 1 aromatic rings. The first-order chi connectivity index (χ1) is 16.9. The van der Waals surface area contributed by atoms with Crippen molar-refractivity contribution in [3.8, 4) is 5.75 Å². The number of amides is 2. The van der Waals surface area contributed by atoms with Gasteiger partial charge in [0.1, 0.15) is 29.4 Å². The van der Waals surface area contributed by atoms with E-state index in [1.165, 1.54) is 0 Å². The maximum Gasteiger partial charge on any atom is 0.326 e. The van der Waals surface area contributed by atoms with E-state index in [2.05, 4.69) is 5.09 Å². The van der Waals surface area contributed by atoms with Gasteiger partial charge in [0.05, 0.1) is 12.7 Å². The lowest BCUT2D eigenvalue weighted by Crippen LogP contribution is -2.53. The first-order valence-electron chi connectivity index (χ1n) is 11.0. The smallest absolute Gasteiger partial charge is 0.326 e. The number of hydrogen-bond donors (Lipinski definition) is 4. The van der Waals surface area contributed by atoms with Crippen molar-refractivity contribution >= 4 is 42.1 Å². The third kappa shape index (κ3) is 7.14. The van der Waals surface area contributed by atoms with Crippen LogP contribution < -0.4 is 14.9 Å². The van der Waals surface area contributed by atoms with E-state index in [1.54, 1.807) is 51.1 Å². The number of para-hydroxylation sites is 1. The van der Waals surface area contributed by atoms with Crippen LogP contribution in [0.5, 0.6) is 5.75 Å². The van der Waals surface area contributed by atoms with Crippen molar-refractivity contribution in [2.75, 3.05) is 6.61 Å². The number of aliphatic hydroxyl groups excluding tert-OH is 2. The van der Waals surface area contributed by atoms with Crippen LogP contribution in [0.25, 0.3) is 0 Å². The standard InChI is InChI=1S/C21H28ClFN3O8PS/c1-11(2)32-20(29)12(3)25-35(36,34-13-7-5-4-6-8-13)31-10-15-17(27)16(22)19(33-15)26-9-14(23)18(28)24-21(26)30/h4-9,11-12,15-19,27-28H,10H2,1-3H3,(H,24,30)(H,25,36)/t12-,15-,16+,17-,18?,19-,35?/m1/s1. The minimum atomic E-state index is -3.43. The maximum absolute atomic E-state index is 13.8. The van der Waals surface area contributed by atoms with Crippen LogP contribution >= 0.6 is 18.2 Å². The van der Waals surface area contributed by atoms with Gasteiger partial charge in [-0.15, -0.1) is 11.6 Å². The lowest BCUT2D eigenvalue weighted by Gasteiger charge is -2.31. The van der Waals surface area contributed by atoms with Gasteiger partial charge in [-0.1, -0.05) is 18.2 Å². The third-order valence-electron chi connectivity index (χ3n) is 5.02. The van der Waals surface area contributed by atoms with Gasteiger partial charge in [0, 0.05) is 6.20 Å². The van der Waals surface area contributed by atoms with E-state index in [4.69, 9.17) is 41.9 Å². The average molecular weight is 568 g/mol. The number of rotatable bonds is 10. The summed E-state index contributed by atoms with van der Waals surface area (Å²) in [6, 6.07) is 6.78. The normalized spacial score (nSPS) is 28.8. The van der Waals surface area contributed by atoms with Crippen LogP contribution in [0, 0.1) is 0 Å². The zero-order valence-corrected chi connectivity index (χ0v) is 22.1. The van der Waals surface area contributed by atoms with Gasteiger partial charge in [-0.25, -0.2) is 14.3 Å². The SMILES string of the molecule is CC(C)OC(=O)[C@@H](C)NP(=S)(OC[C@H]1O[C@@H](N2C=C(F)C(O)NC2=O)[C@@H](Cl)[C@@H]1O)Oc1ccccc1. The van der Waals surface area contributed by atoms with Crippen molar-refractivity contribution in [3.63, 3.8) is 0 Å². The minimum absolute atomic E-state index is 0.339. The Kier molecular flexibility index (Phi) is 9.69. The van der Waals surface area contributed by atoms with E-state index in [9.17, 15) is 24.2 Å². The molecule has 0 radical (unpaired) electrons. The average Bonchev–Trinajstić information content (AvgIpc) is 3.08. The first kappa shape index (κ1) is 28.7. The van der Waals surface area contributed by atoms with Crippen molar-refractivity contribution in [1.82, 2.24) is 15.3 Å². The molecule has 200 valence electrons. The number of benzene rings is 1. The highest BCUT2D eigenvalue weighted by Crippen LogP contribution is 2.46. The molecule has 2 aliphatic heterocycles. The van der Waals surface area contributed by atoms with Gasteiger partial charge in [-0.2, -0.15) is 0 Å². The molecule has 7 atom stereocenters. The number of nitrogens with zero attached hydrogens (tertiary/aromatic N) is 1. The van der Waals surface area contributed by atoms with Crippen LogP contribution in [-0.4, -0.2) is 75.9 Å². The van der Waals surface area contributed by atoms with Gasteiger partial charge in [0.15, 0.2) is 18.3 Å². The summed E-state index contributed by atoms with van der Waals surface area (Å²) >= 11 is 11.9. The quantitative estimate of drug-likeness (QED) is 0.189. The van der Waals surface area contributed by atoms with E-state index in [0.717, 1.165) is 11.1 Å². The van der Waals surface area contributed by atoms with Crippen molar-refractivity contribution in [3.05, 3.63) is 42.4 Å². The lowest BCUT2D eigenvalue weighted by molar-refractivity contribution is -0.149. The summed E-state index contributed by atoms with van der Waals surface area (Å²) in [4.78, 5) is 25.3. The fourth-order valence-corrected chi connectivity index (χ4v) is 6.04. The third-order valence-corrected chi connectivity index (χ3v) is 7.99. The Morgan fingerprint density at radius 2 is 2.00 bits per heavy atom. The van der Waals surface area contributed by atoms with E-state index in [-0.39, 0.29) is 12.7 Å². The predicted molar refractivity (Wildman–Crippen MR) is 131 cm³/mol. The van der Waals surface area contributed by atoms with E-state index >= 15 is 0 Å². The van der Waals surface area contributed by atoms with Crippen molar-refractivity contribution in [1.29, 1.82) is 0 Å². The Morgan fingerprint density at radius 1 is 1.33 bits per heavy atom. The Morgan fingerprint density at radius 3 is 2.64 bits per heavy atom. The number of urea groups is 1. The molecular weight excluding hydrogens is 540 g/mol. The van der Waals surface area contributed by atoms with Gasteiger partial charge >= 0.3 is 18.6 Å². The summed E-state index contributed by atoms with van der Waals surface area (Å²) in [6.07, 6.45) is -5.08. The summed E-state index contributed by atoms with van der Waals surface area (Å²) in [5, 5.41) is 23.7. The topological polar surface area (TPSA) is 139 Å². The van der Waals surface area contributed by atoms with Gasteiger partial charge in [-0.05, 0) is 44.7 Å². The summed E-state index contributed by atoms with van der Waals surface area (Å²) in [5.41, 5.74) is 0. The van der Waals surface area contributed by atoms with Crippen LogP contribution in [0.4, 0.5) is 9.18 Å². The molecule has 11 nitrogen and oxygen atoms in total. The molecule has 3 rings (SSSR count). The number of ether oxygens (including phenoxy) is 2. The zero-order chi connectivity index (χ0) is 26.6. The number of esters is 1. The number of halogens is 2. The molecule has 0 bridgehead atoms.